The number of hydrogen-bond donors (Lipinski definition) is 2. The van der Waals surface area contributed by atoms with Gasteiger partial charge in [0.15, 0.2) is 0 Å². The van der Waals surface area contributed by atoms with Crippen LogP contribution in [0.5, 0.6) is 0 Å². The van der Waals surface area contributed by atoms with Crippen LogP contribution in [0.25, 0.3) is 33.4 Å². The van der Waals surface area contributed by atoms with Crippen molar-refractivity contribution in [1.82, 2.24) is 35.2 Å². The van der Waals surface area contributed by atoms with Gasteiger partial charge >= 0.3 is 5.97 Å². The van der Waals surface area contributed by atoms with Crippen molar-refractivity contribution in [3.05, 3.63) is 52.1 Å². The smallest absolute Gasteiger partial charge is 0.324 e. The highest BCUT2D eigenvalue weighted by molar-refractivity contribution is 7.60. The lowest BCUT2D eigenvalue weighted by Gasteiger charge is -2.43. The number of fused-ring (bicyclic) bond motifs is 6. The van der Waals surface area contributed by atoms with E-state index in [0.717, 1.165) is 108 Å². The van der Waals surface area contributed by atoms with Gasteiger partial charge in [-0.3, -0.25) is 29.3 Å². The topological polar surface area (TPSA) is 143 Å². The van der Waals surface area contributed by atoms with Crippen LogP contribution in [-0.4, -0.2) is 120 Å². The standard InChI is InChI=1S/C46H60N8O6S.5H2S/c1-7-53-39-11-10-29-18-33(39)35(42(53)34-19-30(22-47-41(34)28(3)58-6)51-13-15-52(16-14-51)31-23-59-24-31)21-46(4,5)26-60-45(57)36-9-8-12-54(50-36)44(56)37(20-40-48-38(29)25-61-40)49-43(55)32-17-27(32)2;;;;;/h10-11,18-19,22,25,27-28,31-32,36-37,50H,7-9,12-17,20-21,23-24,26H2,1-6H3,(H,49,55);5*1H2/t27-,28-,32-,36-,37-;;;;;/m0...../s1. The highest BCUT2D eigenvalue weighted by Gasteiger charge is 2.42. The molecular formula is C46H70N8O6S6. The van der Waals surface area contributed by atoms with E-state index in [1.807, 2.05) is 11.6 Å². The van der Waals surface area contributed by atoms with E-state index >= 15 is 0 Å². The second-order valence-electron chi connectivity index (χ2n) is 18.5. The van der Waals surface area contributed by atoms with Crippen molar-refractivity contribution in [3.8, 4) is 22.5 Å². The minimum absolute atomic E-state index is 0. The number of piperazine rings is 1. The van der Waals surface area contributed by atoms with Gasteiger partial charge in [0.05, 0.1) is 65.9 Å². The molecule has 3 saturated heterocycles. The van der Waals surface area contributed by atoms with Crippen molar-refractivity contribution in [2.75, 3.05) is 64.6 Å². The molecule has 4 aliphatic heterocycles. The summed E-state index contributed by atoms with van der Waals surface area (Å²) in [4.78, 5) is 56.5. The number of thiazole rings is 1. The predicted octanol–water partition coefficient (Wildman–Crippen LogP) is 5.94. The number of amides is 2. The van der Waals surface area contributed by atoms with Gasteiger partial charge in [0.1, 0.15) is 12.1 Å². The fourth-order valence-corrected chi connectivity index (χ4v) is 10.4. The Labute approximate surface area is 428 Å². The SMILES string of the molecule is CCn1c(-c2cc(N3CCN(C4COC4)CC3)cnc2[C@H](C)OC)c2c3cc(ccc31)-c1csc(n1)C[C@H](NC(=O)[C@H]1C[C@@H]1C)C(=O)N1CCC[C@H](N1)C(=O)OCC(C)(C)C2.S.S.S.S.S. The van der Waals surface area contributed by atoms with Crippen LogP contribution in [0.2, 0.25) is 0 Å². The van der Waals surface area contributed by atoms with Crippen molar-refractivity contribution in [2.45, 2.75) is 97.5 Å². The molecule has 4 fully saturated rings. The number of anilines is 1. The second-order valence-corrected chi connectivity index (χ2v) is 19.4. The first-order valence-corrected chi connectivity index (χ1v) is 23.0. The van der Waals surface area contributed by atoms with Crippen molar-refractivity contribution < 1.29 is 28.6 Å². The molecule has 1 aromatic carbocycles. The van der Waals surface area contributed by atoms with E-state index in [2.05, 4.69) is 84.0 Å². The number of methoxy groups -OCH3 is 1. The monoisotopic (exact) mass is 1020 g/mol. The summed E-state index contributed by atoms with van der Waals surface area (Å²) in [5.74, 6) is -0.572. The van der Waals surface area contributed by atoms with Gasteiger partial charge in [0.2, 0.25) is 5.91 Å². The van der Waals surface area contributed by atoms with Crippen LogP contribution in [0.4, 0.5) is 5.69 Å². The molecule has 0 radical (unpaired) electrons. The maximum Gasteiger partial charge on any atom is 0.324 e. The van der Waals surface area contributed by atoms with Gasteiger partial charge in [-0.25, -0.2) is 10.4 Å². The van der Waals surface area contributed by atoms with Crippen molar-refractivity contribution in [3.63, 3.8) is 0 Å². The summed E-state index contributed by atoms with van der Waals surface area (Å²) in [5.41, 5.74) is 10.8. The predicted molar refractivity (Wildman–Crippen MR) is 287 cm³/mol. The molecule has 6 bridgehead atoms. The fourth-order valence-electron chi connectivity index (χ4n) is 9.52. The van der Waals surface area contributed by atoms with E-state index in [-0.39, 0.29) is 110 Å². The Morgan fingerprint density at radius 1 is 1.06 bits per heavy atom. The van der Waals surface area contributed by atoms with E-state index in [9.17, 15) is 14.4 Å². The first-order chi connectivity index (χ1) is 29.4. The number of pyridine rings is 1. The molecule has 20 heteroatoms. The Bertz CT molecular complexity index is 2320. The number of hydrazine groups is 1. The Kier molecular flexibility index (Phi) is 19.7. The highest BCUT2D eigenvalue weighted by Crippen LogP contribution is 2.43. The number of esters is 1. The summed E-state index contributed by atoms with van der Waals surface area (Å²) >= 11 is 1.49. The van der Waals surface area contributed by atoms with Gasteiger partial charge in [-0.2, -0.15) is 67.5 Å². The molecule has 7 heterocycles. The minimum Gasteiger partial charge on any atom is -0.464 e. The zero-order valence-corrected chi connectivity index (χ0v) is 44.7. The number of carbonyl (C=O) groups is 3. The van der Waals surface area contributed by atoms with Crippen LogP contribution in [0.1, 0.15) is 76.3 Å². The normalized spacial score (nSPS) is 23.5. The second kappa shape index (κ2) is 23.3. The third-order valence-corrected chi connectivity index (χ3v) is 14.4. The zero-order chi connectivity index (χ0) is 42.6. The summed E-state index contributed by atoms with van der Waals surface area (Å²) in [7, 11) is 1.73. The summed E-state index contributed by atoms with van der Waals surface area (Å²) < 4.78 is 20.0. The number of nitrogens with one attached hydrogen (secondary N) is 2. The van der Waals surface area contributed by atoms with Crippen LogP contribution < -0.4 is 15.6 Å². The molecule has 3 aromatic heterocycles. The number of rotatable bonds is 8. The molecule has 66 heavy (non-hydrogen) atoms. The van der Waals surface area contributed by atoms with Crippen LogP contribution >= 0.6 is 78.8 Å². The quantitative estimate of drug-likeness (QED) is 0.203. The molecule has 2 N–H and O–H groups in total. The van der Waals surface area contributed by atoms with E-state index in [1.165, 1.54) is 16.3 Å². The summed E-state index contributed by atoms with van der Waals surface area (Å²) in [6.45, 7) is 17.3. The van der Waals surface area contributed by atoms with Gasteiger partial charge in [0.25, 0.3) is 5.91 Å². The molecule has 366 valence electrons. The Morgan fingerprint density at radius 2 is 1.79 bits per heavy atom. The van der Waals surface area contributed by atoms with Crippen LogP contribution in [0.3, 0.4) is 0 Å². The number of benzene rings is 1. The average Bonchev–Trinajstić information content (AvgIpc) is 3.67. The number of cyclic esters (lactones) is 1. The maximum absolute atomic E-state index is 14.2. The first-order valence-electron chi connectivity index (χ1n) is 22.2. The van der Waals surface area contributed by atoms with Crippen molar-refractivity contribution in [1.29, 1.82) is 0 Å². The molecule has 0 spiro atoms. The van der Waals surface area contributed by atoms with Crippen LogP contribution in [-0.2, 0) is 48.0 Å². The molecule has 5 atom stereocenters. The first kappa shape index (κ1) is 55.9. The molecule has 4 aromatic rings. The average molecular weight is 1020 g/mol. The van der Waals surface area contributed by atoms with Crippen molar-refractivity contribution in [2.24, 2.45) is 17.3 Å². The molecule has 2 amide bonds. The number of aryl methyl sites for hydroxylation is 1. The van der Waals surface area contributed by atoms with Gasteiger partial charge < -0.3 is 29.0 Å². The Balaban J connectivity index is 0.00000190. The molecule has 9 rings (SSSR count). The van der Waals surface area contributed by atoms with E-state index in [4.69, 9.17) is 24.2 Å². The number of carbonyl (C=O) groups excluding carboxylic acids is 3. The molecule has 0 unspecified atom stereocenters. The summed E-state index contributed by atoms with van der Waals surface area (Å²) in [5, 5.41) is 8.47. The number of aromatic nitrogens is 3. The Morgan fingerprint density at radius 3 is 2.44 bits per heavy atom. The molecule has 5 aliphatic rings. The number of ether oxygens (including phenoxy) is 3. The molecule has 1 saturated carbocycles. The lowest BCUT2D eigenvalue weighted by molar-refractivity contribution is -0.155. The lowest BCUT2D eigenvalue weighted by atomic mass is 9.84. The molecule has 1 aliphatic carbocycles. The summed E-state index contributed by atoms with van der Waals surface area (Å²) in [6.07, 6.45) is 4.59. The van der Waals surface area contributed by atoms with E-state index < -0.39 is 17.5 Å². The van der Waals surface area contributed by atoms with Crippen LogP contribution in [0, 0.1) is 17.3 Å². The van der Waals surface area contributed by atoms with E-state index in [1.54, 1.807) is 7.11 Å². The molecular weight excluding hydrogens is 953 g/mol. The largest absolute Gasteiger partial charge is 0.464 e. The third kappa shape index (κ3) is 11.5. The minimum atomic E-state index is -0.830. The number of nitrogens with zero attached hydrogens (tertiary/aromatic N) is 6. The Hall–Kier alpha value is -2.66. The summed E-state index contributed by atoms with van der Waals surface area (Å²) in [6, 6.07) is 7.87. The van der Waals surface area contributed by atoms with Gasteiger partial charge in [-0.1, -0.05) is 26.8 Å². The number of hydrogen-bond acceptors (Lipinski definition) is 12. The van der Waals surface area contributed by atoms with Gasteiger partial charge in [-0.05, 0) is 69.2 Å². The fraction of sp³-hybridized carbons (Fsp3) is 0.587. The van der Waals surface area contributed by atoms with Crippen molar-refractivity contribution >= 4 is 113 Å². The van der Waals surface area contributed by atoms with Gasteiger partial charge in [-0.15, -0.1) is 11.3 Å². The van der Waals surface area contributed by atoms with E-state index in [0.29, 0.717) is 37.8 Å². The molecule has 14 nitrogen and oxygen atoms in total. The highest BCUT2D eigenvalue weighted by atomic mass is 32.1. The lowest BCUT2D eigenvalue weighted by Crippen LogP contribution is -2.60. The third-order valence-electron chi connectivity index (χ3n) is 13.5. The van der Waals surface area contributed by atoms with Crippen LogP contribution in [0.15, 0.2) is 35.8 Å². The zero-order valence-electron chi connectivity index (χ0n) is 38.9. The maximum atomic E-state index is 14.2. The van der Waals surface area contributed by atoms with Gasteiger partial charge in [0, 0.05) is 91.5 Å².